The maximum atomic E-state index is 11.0. The minimum Gasteiger partial charge on any atom is -0.374 e. The van der Waals surface area contributed by atoms with Gasteiger partial charge in [-0.05, 0) is 19.8 Å². The van der Waals surface area contributed by atoms with Gasteiger partial charge in [-0.25, -0.2) is 0 Å². The van der Waals surface area contributed by atoms with Gasteiger partial charge in [-0.1, -0.05) is 13.8 Å². The molecule has 4 heteroatoms. The Kier molecular flexibility index (Phi) is 5.38. The van der Waals surface area contributed by atoms with E-state index in [0.717, 1.165) is 0 Å². The molecule has 2 unspecified atom stereocenters. The monoisotopic (exact) mass is 201 g/mol. The molecule has 0 saturated carbocycles. The van der Waals surface area contributed by atoms with Crippen molar-refractivity contribution in [3.63, 3.8) is 0 Å². The molecule has 2 atom stereocenters. The first kappa shape index (κ1) is 13.1. The quantitative estimate of drug-likeness (QED) is 0.686. The molecule has 0 aromatic rings. The second kappa shape index (κ2) is 5.75. The van der Waals surface area contributed by atoms with Crippen LogP contribution in [0.25, 0.3) is 0 Å². The Balaban J connectivity index is 0.000000791. The Bertz CT molecular complexity index is 215. The molecule has 1 N–H and O–H groups in total. The van der Waals surface area contributed by atoms with Crippen molar-refractivity contribution in [2.45, 2.75) is 52.8 Å². The lowest BCUT2D eigenvalue weighted by Gasteiger charge is -2.24. The van der Waals surface area contributed by atoms with Crippen LogP contribution in [0.3, 0.4) is 0 Å². The first-order chi connectivity index (χ1) is 6.54. The van der Waals surface area contributed by atoms with Gasteiger partial charge in [-0.2, -0.15) is 0 Å². The maximum absolute atomic E-state index is 11.0. The molecule has 0 radical (unpaired) electrons. The number of ketones is 1. The first-order valence-electron chi connectivity index (χ1n) is 5.01. The van der Waals surface area contributed by atoms with E-state index in [1.165, 1.54) is 18.7 Å². The molecule has 14 heavy (non-hydrogen) atoms. The van der Waals surface area contributed by atoms with Crippen LogP contribution in [-0.4, -0.2) is 34.0 Å². The first-order valence-corrected chi connectivity index (χ1v) is 5.01. The predicted octanol–water partition coefficient (Wildman–Crippen LogP) is 0.931. The molecule has 82 valence electrons. The van der Waals surface area contributed by atoms with Crippen LogP contribution in [0.15, 0.2) is 0 Å². The van der Waals surface area contributed by atoms with Gasteiger partial charge >= 0.3 is 0 Å². The summed E-state index contributed by atoms with van der Waals surface area (Å²) in [5, 5.41) is 9.33. The number of carbonyl (C=O) groups excluding carboxylic acids is 2. The molecule has 1 fully saturated rings. The van der Waals surface area contributed by atoms with E-state index in [1.807, 2.05) is 13.8 Å². The number of nitrogens with zero attached hydrogens (tertiary/aromatic N) is 1. The number of likely N-dealkylation sites (tertiary alicyclic amines) is 1. The van der Waals surface area contributed by atoms with E-state index in [1.54, 1.807) is 0 Å². The molecule has 4 nitrogen and oxygen atoms in total. The smallest absolute Gasteiger partial charge is 0.222 e. The Labute approximate surface area is 84.9 Å². The normalized spacial score (nSPS) is 25.4. The van der Waals surface area contributed by atoms with Gasteiger partial charge in [0.2, 0.25) is 5.91 Å². The van der Waals surface area contributed by atoms with Gasteiger partial charge in [0.05, 0.1) is 6.04 Å². The van der Waals surface area contributed by atoms with Gasteiger partial charge in [-0.15, -0.1) is 0 Å². The number of Topliss-reactive ketones (excluding diaryl/α,β-unsaturated/α-hetero) is 1. The molecular weight excluding hydrogens is 182 g/mol. The van der Waals surface area contributed by atoms with Crippen LogP contribution in [0, 0.1) is 0 Å². The zero-order valence-electron chi connectivity index (χ0n) is 9.28. The van der Waals surface area contributed by atoms with Gasteiger partial charge in [-0.3, -0.25) is 9.59 Å². The van der Waals surface area contributed by atoms with E-state index in [9.17, 15) is 14.7 Å². The van der Waals surface area contributed by atoms with Gasteiger partial charge in [0, 0.05) is 6.92 Å². The van der Waals surface area contributed by atoms with Crippen LogP contribution in [0.5, 0.6) is 0 Å². The molecule has 0 aromatic carbocycles. The lowest BCUT2D eigenvalue weighted by molar-refractivity contribution is -0.143. The summed E-state index contributed by atoms with van der Waals surface area (Å²) in [5.41, 5.74) is 0. The summed E-state index contributed by atoms with van der Waals surface area (Å²) in [6.45, 7) is 6.81. The van der Waals surface area contributed by atoms with E-state index in [4.69, 9.17) is 0 Å². The molecule has 1 heterocycles. The van der Waals surface area contributed by atoms with Crippen molar-refractivity contribution in [3.05, 3.63) is 0 Å². The van der Waals surface area contributed by atoms with Crippen molar-refractivity contribution in [1.29, 1.82) is 0 Å². The second-order valence-corrected chi connectivity index (χ2v) is 3.11. The maximum Gasteiger partial charge on any atom is 0.222 e. The Morgan fingerprint density at radius 2 is 1.71 bits per heavy atom. The average molecular weight is 201 g/mol. The SMILES string of the molecule is CC.CC(=O)C1CCC(O)N1C(C)=O. The molecule has 0 bridgehead atoms. The van der Waals surface area contributed by atoms with Crippen LogP contribution in [0.2, 0.25) is 0 Å². The molecule has 0 spiro atoms. The van der Waals surface area contributed by atoms with Gasteiger partial charge < -0.3 is 10.0 Å². The summed E-state index contributed by atoms with van der Waals surface area (Å²) in [6.07, 6.45) is 0.316. The number of hydrogen-bond donors (Lipinski definition) is 1. The van der Waals surface area contributed by atoms with Crippen LogP contribution in [0.1, 0.15) is 40.5 Å². The number of rotatable bonds is 1. The van der Waals surface area contributed by atoms with Gasteiger partial charge in [0.1, 0.15) is 6.23 Å². The fraction of sp³-hybridized carbons (Fsp3) is 0.800. The second-order valence-electron chi connectivity index (χ2n) is 3.11. The number of amides is 1. The zero-order chi connectivity index (χ0) is 11.3. The average Bonchev–Trinajstić information content (AvgIpc) is 2.50. The number of carbonyl (C=O) groups is 2. The molecular formula is C10H19NO3. The predicted molar refractivity (Wildman–Crippen MR) is 53.6 cm³/mol. The van der Waals surface area contributed by atoms with Crippen LogP contribution < -0.4 is 0 Å². The molecule has 0 aliphatic carbocycles. The lowest BCUT2D eigenvalue weighted by Crippen LogP contribution is -2.42. The van der Waals surface area contributed by atoms with Crippen molar-refractivity contribution < 1.29 is 14.7 Å². The standard InChI is InChI=1S/C8H13NO3.C2H6/c1-5(10)7-3-4-8(12)9(7)6(2)11;1-2/h7-8,12H,3-4H2,1-2H3;1-2H3. The minimum atomic E-state index is -0.767. The number of aliphatic hydroxyl groups excluding tert-OH is 1. The summed E-state index contributed by atoms with van der Waals surface area (Å²) >= 11 is 0. The van der Waals surface area contributed by atoms with E-state index in [-0.39, 0.29) is 11.7 Å². The van der Waals surface area contributed by atoms with Crippen molar-refractivity contribution in [3.8, 4) is 0 Å². The highest BCUT2D eigenvalue weighted by Crippen LogP contribution is 2.22. The molecule has 1 amide bonds. The highest BCUT2D eigenvalue weighted by Gasteiger charge is 2.36. The third-order valence-electron chi connectivity index (χ3n) is 2.19. The van der Waals surface area contributed by atoms with Crippen molar-refractivity contribution in [1.82, 2.24) is 4.90 Å². The molecule has 0 aromatic heterocycles. The Morgan fingerprint density at radius 3 is 2.00 bits per heavy atom. The highest BCUT2D eigenvalue weighted by atomic mass is 16.3. The van der Waals surface area contributed by atoms with E-state index in [2.05, 4.69) is 0 Å². The minimum absolute atomic E-state index is 0.0539. The summed E-state index contributed by atoms with van der Waals surface area (Å²) in [7, 11) is 0. The van der Waals surface area contributed by atoms with Crippen LogP contribution >= 0.6 is 0 Å². The van der Waals surface area contributed by atoms with Gasteiger partial charge in [0.15, 0.2) is 5.78 Å². The Hall–Kier alpha value is -0.900. The van der Waals surface area contributed by atoms with Crippen LogP contribution in [0.4, 0.5) is 0 Å². The highest BCUT2D eigenvalue weighted by molar-refractivity contribution is 5.87. The summed E-state index contributed by atoms with van der Waals surface area (Å²) in [6, 6.07) is -0.405. The third kappa shape index (κ3) is 2.80. The largest absolute Gasteiger partial charge is 0.374 e. The number of hydrogen-bond acceptors (Lipinski definition) is 3. The fourth-order valence-electron chi connectivity index (χ4n) is 1.62. The van der Waals surface area contributed by atoms with Crippen molar-refractivity contribution in [2.75, 3.05) is 0 Å². The molecule has 1 aliphatic heterocycles. The van der Waals surface area contributed by atoms with Crippen molar-refractivity contribution >= 4 is 11.7 Å². The summed E-state index contributed by atoms with van der Waals surface area (Å²) in [5.74, 6) is -0.290. The molecule has 1 rings (SSSR count). The van der Waals surface area contributed by atoms with E-state index < -0.39 is 12.3 Å². The van der Waals surface area contributed by atoms with E-state index >= 15 is 0 Å². The summed E-state index contributed by atoms with van der Waals surface area (Å²) in [4.78, 5) is 23.2. The Morgan fingerprint density at radius 1 is 1.21 bits per heavy atom. The van der Waals surface area contributed by atoms with Crippen molar-refractivity contribution in [2.24, 2.45) is 0 Å². The van der Waals surface area contributed by atoms with Crippen LogP contribution in [-0.2, 0) is 9.59 Å². The lowest BCUT2D eigenvalue weighted by atomic mass is 10.1. The molecule has 1 aliphatic rings. The summed E-state index contributed by atoms with van der Waals surface area (Å²) < 4.78 is 0. The van der Waals surface area contributed by atoms with Gasteiger partial charge in [0.25, 0.3) is 0 Å². The third-order valence-corrected chi connectivity index (χ3v) is 2.19. The van der Waals surface area contributed by atoms with E-state index in [0.29, 0.717) is 12.8 Å². The zero-order valence-corrected chi connectivity index (χ0v) is 9.28. The topological polar surface area (TPSA) is 57.6 Å². The molecule has 1 saturated heterocycles. The fourth-order valence-corrected chi connectivity index (χ4v) is 1.62. The number of aliphatic hydroxyl groups is 1.